The molecule has 4 rings (SSSR count). The van der Waals surface area contributed by atoms with Gasteiger partial charge >= 0.3 is 0 Å². The first kappa shape index (κ1) is 18.0. The van der Waals surface area contributed by atoms with Gasteiger partial charge in [-0.3, -0.25) is 4.79 Å². The van der Waals surface area contributed by atoms with Gasteiger partial charge in [0.05, 0.1) is 0 Å². The number of ketones is 1. The molecular formula is C26H23NO. The number of carbonyl (C=O) groups excluding carboxylic acids is 1. The Labute approximate surface area is 166 Å². The van der Waals surface area contributed by atoms with E-state index in [4.69, 9.17) is 0 Å². The predicted molar refractivity (Wildman–Crippen MR) is 116 cm³/mol. The molecule has 28 heavy (non-hydrogen) atoms. The van der Waals surface area contributed by atoms with Gasteiger partial charge in [-0.15, -0.1) is 0 Å². The Balaban J connectivity index is 1.77. The van der Waals surface area contributed by atoms with Crippen molar-refractivity contribution in [2.45, 2.75) is 19.3 Å². The van der Waals surface area contributed by atoms with Crippen LogP contribution in [0, 0.1) is 0 Å². The summed E-state index contributed by atoms with van der Waals surface area (Å²) in [6, 6.07) is 30.5. The summed E-state index contributed by atoms with van der Waals surface area (Å²) >= 11 is 0. The van der Waals surface area contributed by atoms with Crippen LogP contribution >= 0.6 is 0 Å². The maximum absolute atomic E-state index is 13.2. The molecule has 0 aromatic heterocycles. The van der Waals surface area contributed by atoms with E-state index < -0.39 is 0 Å². The molecule has 138 valence electrons. The molecule has 2 nitrogen and oxygen atoms in total. The number of nitrogens with one attached hydrogen (secondary N) is 1. The van der Waals surface area contributed by atoms with Crippen molar-refractivity contribution in [3.8, 4) is 0 Å². The maximum Gasteiger partial charge on any atom is 0.184 e. The molecule has 1 atom stereocenters. The van der Waals surface area contributed by atoms with Crippen LogP contribution in [-0.4, -0.2) is 5.78 Å². The van der Waals surface area contributed by atoms with Gasteiger partial charge in [-0.05, 0) is 48.3 Å². The lowest BCUT2D eigenvalue weighted by molar-refractivity contribution is -0.111. The first-order valence-electron chi connectivity index (χ1n) is 9.60. The number of anilines is 1. The fourth-order valence-corrected chi connectivity index (χ4v) is 3.86. The van der Waals surface area contributed by atoms with Crippen molar-refractivity contribution >= 4 is 17.0 Å². The Morgan fingerprint density at radius 2 is 1.39 bits per heavy atom. The van der Waals surface area contributed by atoms with E-state index in [0.29, 0.717) is 0 Å². The lowest BCUT2D eigenvalue weighted by atomic mass is 9.76. The number of carbonyl (C=O) groups is 1. The third kappa shape index (κ3) is 3.81. The van der Waals surface area contributed by atoms with E-state index in [1.807, 2.05) is 73.7 Å². The minimum absolute atomic E-state index is 0.0325. The monoisotopic (exact) mass is 365 g/mol. The van der Waals surface area contributed by atoms with Crippen LogP contribution in [-0.2, 0) is 4.79 Å². The van der Waals surface area contributed by atoms with Crippen molar-refractivity contribution in [3.63, 3.8) is 0 Å². The summed E-state index contributed by atoms with van der Waals surface area (Å²) in [6.07, 6.45) is 2.61. The second kappa shape index (κ2) is 8.10. The molecule has 0 unspecified atom stereocenters. The summed E-state index contributed by atoms with van der Waals surface area (Å²) in [4.78, 5) is 13.2. The number of benzene rings is 3. The average molecular weight is 365 g/mol. The second-order valence-corrected chi connectivity index (χ2v) is 7.10. The largest absolute Gasteiger partial charge is 0.359 e. The van der Waals surface area contributed by atoms with Crippen LogP contribution < -0.4 is 5.32 Å². The molecule has 0 spiro atoms. The summed E-state index contributed by atoms with van der Waals surface area (Å²) in [7, 11) is 0. The van der Waals surface area contributed by atoms with E-state index >= 15 is 0 Å². The zero-order valence-electron chi connectivity index (χ0n) is 15.9. The Hall–Kier alpha value is -3.39. The van der Waals surface area contributed by atoms with Gasteiger partial charge in [-0.2, -0.15) is 0 Å². The van der Waals surface area contributed by atoms with Gasteiger partial charge in [-0.25, -0.2) is 0 Å². The topological polar surface area (TPSA) is 29.1 Å². The third-order valence-corrected chi connectivity index (χ3v) is 5.20. The van der Waals surface area contributed by atoms with E-state index in [2.05, 4.69) is 29.6 Å². The highest BCUT2D eigenvalue weighted by molar-refractivity contribution is 6.11. The van der Waals surface area contributed by atoms with E-state index in [-0.39, 0.29) is 11.7 Å². The van der Waals surface area contributed by atoms with Gasteiger partial charge in [0.25, 0.3) is 0 Å². The van der Waals surface area contributed by atoms with Crippen LogP contribution in [0.1, 0.15) is 30.4 Å². The first-order chi connectivity index (χ1) is 13.7. The first-order valence-corrected chi connectivity index (χ1v) is 9.60. The molecule has 1 N–H and O–H groups in total. The number of allylic oxidation sites excluding steroid dienone is 4. The fourth-order valence-electron chi connectivity index (χ4n) is 3.86. The quantitative estimate of drug-likeness (QED) is 0.557. The van der Waals surface area contributed by atoms with Crippen LogP contribution in [0.4, 0.5) is 5.69 Å². The zero-order valence-corrected chi connectivity index (χ0v) is 15.9. The van der Waals surface area contributed by atoms with Crippen LogP contribution in [0.3, 0.4) is 0 Å². The average Bonchev–Trinajstić information content (AvgIpc) is 2.75. The molecule has 0 radical (unpaired) electrons. The molecule has 1 aliphatic rings. The second-order valence-electron chi connectivity index (χ2n) is 7.10. The lowest BCUT2D eigenvalue weighted by Crippen LogP contribution is -2.20. The van der Waals surface area contributed by atoms with Crippen molar-refractivity contribution in [1.82, 2.24) is 0 Å². The SMILES string of the molecule is CC(Nc1ccccc1)=C1C(=O)C=C(c2ccccc2)C[C@H]1c1ccccc1. The van der Waals surface area contributed by atoms with E-state index in [1.165, 1.54) is 5.56 Å². The smallest absolute Gasteiger partial charge is 0.184 e. The Morgan fingerprint density at radius 1 is 0.821 bits per heavy atom. The Kier molecular flexibility index (Phi) is 5.20. The van der Waals surface area contributed by atoms with Gasteiger partial charge in [0, 0.05) is 22.9 Å². The van der Waals surface area contributed by atoms with Crippen LogP contribution in [0.5, 0.6) is 0 Å². The molecule has 0 saturated carbocycles. The van der Waals surface area contributed by atoms with Crippen LogP contribution in [0.25, 0.3) is 5.57 Å². The molecule has 0 amide bonds. The van der Waals surface area contributed by atoms with Crippen molar-refractivity contribution in [2.24, 2.45) is 0 Å². The van der Waals surface area contributed by atoms with Crippen LogP contribution in [0.15, 0.2) is 108 Å². The molecule has 0 saturated heterocycles. The van der Waals surface area contributed by atoms with Gasteiger partial charge < -0.3 is 5.32 Å². The van der Waals surface area contributed by atoms with Gasteiger partial charge in [-0.1, -0.05) is 78.9 Å². The normalized spacial score (nSPS) is 18.4. The maximum atomic E-state index is 13.2. The van der Waals surface area contributed by atoms with Gasteiger partial charge in [0.15, 0.2) is 5.78 Å². The van der Waals surface area contributed by atoms with Gasteiger partial charge in [0.2, 0.25) is 0 Å². The highest BCUT2D eigenvalue weighted by Crippen LogP contribution is 2.40. The Morgan fingerprint density at radius 3 is 2.04 bits per heavy atom. The summed E-state index contributed by atoms with van der Waals surface area (Å²) in [5.41, 5.74) is 6.12. The number of para-hydroxylation sites is 1. The van der Waals surface area contributed by atoms with Crippen molar-refractivity contribution in [1.29, 1.82) is 0 Å². The molecule has 0 heterocycles. The lowest BCUT2D eigenvalue weighted by Gasteiger charge is -2.28. The summed E-state index contributed by atoms with van der Waals surface area (Å²) in [6.45, 7) is 2.00. The molecule has 1 aliphatic carbocycles. The van der Waals surface area contributed by atoms with E-state index in [0.717, 1.165) is 34.5 Å². The molecule has 0 fully saturated rings. The molecule has 3 aromatic rings. The highest BCUT2D eigenvalue weighted by atomic mass is 16.1. The van der Waals surface area contributed by atoms with Crippen LogP contribution in [0.2, 0.25) is 0 Å². The molecule has 0 aliphatic heterocycles. The molecule has 3 aromatic carbocycles. The third-order valence-electron chi connectivity index (χ3n) is 5.20. The van der Waals surface area contributed by atoms with Crippen molar-refractivity contribution < 1.29 is 4.79 Å². The minimum Gasteiger partial charge on any atom is -0.359 e. The number of rotatable bonds is 4. The fraction of sp³-hybridized carbons (Fsp3) is 0.115. The van der Waals surface area contributed by atoms with E-state index in [1.54, 1.807) is 6.08 Å². The summed E-state index contributed by atoms with van der Waals surface area (Å²) in [5.74, 6) is 0.116. The number of hydrogen-bond acceptors (Lipinski definition) is 2. The molecular weight excluding hydrogens is 342 g/mol. The minimum atomic E-state index is 0.0325. The highest BCUT2D eigenvalue weighted by Gasteiger charge is 2.30. The number of hydrogen-bond donors (Lipinski definition) is 1. The van der Waals surface area contributed by atoms with E-state index in [9.17, 15) is 4.79 Å². The Bertz CT molecular complexity index is 1020. The predicted octanol–water partition coefficient (Wildman–Crippen LogP) is 6.21. The zero-order chi connectivity index (χ0) is 19.3. The summed E-state index contributed by atoms with van der Waals surface area (Å²) in [5, 5.41) is 3.43. The van der Waals surface area contributed by atoms with Crippen molar-refractivity contribution in [2.75, 3.05) is 5.32 Å². The molecule has 0 bridgehead atoms. The van der Waals surface area contributed by atoms with Gasteiger partial charge in [0.1, 0.15) is 0 Å². The summed E-state index contributed by atoms with van der Waals surface area (Å²) < 4.78 is 0. The standard InChI is InChI=1S/C26H23NO/c1-19(27-23-15-9-4-10-16-23)26-24(21-13-7-3-8-14-21)17-22(18-25(26)28)20-11-5-2-6-12-20/h2-16,18,24,27H,17H2,1H3/t24-/m0/s1. The van der Waals surface area contributed by atoms with Crippen molar-refractivity contribution in [3.05, 3.63) is 119 Å². The molecule has 2 heteroatoms.